The second-order valence-electron chi connectivity index (χ2n) is 4.88. The molecule has 2 nitrogen and oxygen atoms in total. The zero-order valence-electron chi connectivity index (χ0n) is 10.8. The van der Waals surface area contributed by atoms with Crippen LogP contribution in [0.1, 0.15) is 18.4 Å². The Bertz CT molecular complexity index is 363. The topological polar surface area (TPSA) is 18.5 Å². The molecular weight excluding hydrogens is 319 g/mol. The average molecular weight is 340 g/mol. The van der Waals surface area contributed by atoms with Crippen LogP contribution in [0.2, 0.25) is 14.3 Å². The van der Waals surface area contributed by atoms with Crippen LogP contribution in [0.15, 0.2) is 18.2 Å². The van der Waals surface area contributed by atoms with Crippen molar-refractivity contribution in [3.8, 4) is 11.5 Å². The fourth-order valence-corrected chi connectivity index (χ4v) is 4.47. The Labute approximate surface area is 111 Å². The van der Waals surface area contributed by atoms with Gasteiger partial charge in [-0.05, 0) is 0 Å². The maximum absolute atomic E-state index is 5.80. The third-order valence-electron chi connectivity index (χ3n) is 2.97. The summed E-state index contributed by atoms with van der Waals surface area (Å²) in [6.07, 6.45) is 3.46. The van der Waals surface area contributed by atoms with E-state index in [1.807, 2.05) is 12.1 Å². The quantitative estimate of drug-likeness (QED) is 0.603. The van der Waals surface area contributed by atoms with Gasteiger partial charge in [0, 0.05) is 0 Å². The van der Waals surface area contributed by atoms with E-state index in [2.05, 4.69) is 15.9 Å². The van der Waals surface area contributed by atoms with Gasteiger partial charge in [-0.25, -0.2) is 0 Å². The Morgan fingerprint density at radius 2 is 2.24 bits per heavy atom. The van der Waals surface area contributed by atoms with Crippen molar-refractivity contribution in [3.63, 3.8) is 0 Å². The first-order chi connectivity index (χ1) is 8.25. The summed E-state index contributed by atoms with van der Waals surface area (Å²) in [5, 5.41) is 0. The summed E-state index contributed by atoms with van der Waals surface area (Å²) < 4.78 is 12.8. The molecule has 0 atom stereocenters. The van der Waals surface area contributed by atoms with Crippen molar-refractivity contribution in [3.05, 3.63) is 23.8 Å². The van der Waals surface area contributed by atoms with E-state index < -0.39 is 19.8 Å². The van der Waals surface area contributed by atoms with Crippen molar-refractivity contribution in [1.82, 2.24) is 0 Å². The van der Waals surface area contributed by atoms with Crippen LogP contribution in [0, 0.1) is 0 Å². The third kappa shape index (κ3) is 4.09. The van der Waals surface area contributed by atoms with Crippen LogP contribution < -0.4 is 9.47 Å². The molecule has 0 aromatic heterocycles. The predicted molar refractivity (Wildman–Crippen MR) is 72.7 cm³/mol. The van der Waals surface area contributed by atoms with Gasteiger partial charge in [-0.2, -0.15) is 0 Å². The van der Waals surface area contributed by atoms with E-state index in [1.54, 1.807) is 0 Å². The molecule has 0 N–H and O–H groups in total. The van der Waals surface area contributed by atoms with E-state index in [0.29, 0.717) is 0 Å². The summed E-state index contributed by atoms with van der Waals surface area (Å²) in [6, 6.07) is 6.22. The number of ether oxygens (including phenoxy) is 2. The SMILES string of the molecule is [CH3][Sn]([CH3])[CH2]CCOc1ccc2c(c1)CCCO2. The Hall–Kier alpha value is -0.381. The Morgan fingerprint density at radius 1 is 1.35 bits per heavy atom. The molecule has 0 saturated heterocycles. The molecule has 0 fully saturated rings. The third-order valence-corrected chi connectivity index (χ3v) is 6.83. The molecule has 0 saturated carbocycles. The molecule has 0 spiro atoms. The number of fused-ring (bicyclic) bond motifs is 1. The summed E-state index contributed by atoms with van der Waals surface area (Å²) in [5.41, 5.74) is 1.30. The van der Waals surface area contributed by atoms with Crippen LogP contribution in [0.25, 0.3) is 0 Å². The standard InChI is InChI=1S/C12H15O2.2CH3.Sn/c1-2-7-13-11-5-6-12-10(9-11)4-3-8-14-12;;;/h5-6,9H,1-4,7-8H2;2*1H3;. The molecule has 0 unspecified atom stereocenters. The Morgan fingerprint density at radius 3 is 3.06 bits per heavy atom. The van der Waals surface area contributed by atoms with Gasteiger partial charge in [-0.1, -0.05) is 0 Å². The molecule has 0 aliphatic carbocycles. The number of hydrogen-bond donors (Lipinski definition) is 0. The van der Waals surface area contributed by atoms with Gasteiger partial charge >= 0.3 is 111 Å². The fourth-order valence-electron chi connectivity index (χ4n) is 2.04. The zero-order valence-corrected chi connectivity index (χ0v) is 13.6. The predicted octanol–water partition coefficient (Wildman–Crippen LogP) is 3.53. The minimum atomic E-state index is -0.905. The first kappa shape index (κ1) is 13.1. The normalized spacial score (nSPS) is 14.3. The molecule has 1 aromatic carbocycles. The first-order valence-corrected chi connectivity index (χ1v) is 14.2. The molecule has 1 aromatic rings. The summed E-state index contributed by atoms with van der Waals surface area (Å²) >= 11 is -0.905. The van der Waals surface area contributed by atoms with Crippen molar-refractivity contribution in [1.29, 1.82) is 0 Å². The van der Waals surface area contributed by atoms with Crippen molar-refractivity contribution >= 4 is 19.8 Å². The summed E-state index contributed by atoms with van der Waals surface area (Å²) in [6.45, 7) is 1.72. The molecule has 1 radical (unpaired) electrons. The first-order valence-electron chi connectivity index (χ1n) is 6.43. The number of benzene rings is 1. The van der Waals surface area contributed by atoms with Crippen LogP contribution in [-0.4, -0.2) is 33.0 Å². The van der Waals surface area contributed by atoms with Gasteiger partial charge in [0.15, 0.2) is 0 Å². The van der Waals surface area contributed by atoms with Crippen molar-refractivity contribution in [2.45, 2.75) is 33.6 Å². The molecular formula is C14H21O2Sn. The van der Waals surface area contributed by atoms with E-state index in [4.69, 9.17) is 9.47 Å². The van der Waals surface area contributed by atoms with Gasteiger partial charge in [0.2, 0.25) is 0 Å². The summed E-state index contributed by atoms with van der Waals surface area (Å²) in [7, 11) is 0. The fraction of sp³-hybridized carbons (Fsp3) is 0.571. The minimum absolute atomic E-state index is 0.855. The molecule has 93 valence electrons. The molecule has 3 heteroatoms. The van der Waals surface area contributed by atoms with Crippen LogP contribution in [-0.2, 0) is 6.42 Å². The van der Waals surface area contributed by atoms with Gasteiger partial charge in [-0.15, -0.1) is 0 Å². The van der Waals surface area contributed by atoms with E-state index in [-0.39, 0.29) is 0 Å². The van der Waals surface area contributed by atoms with Crippen LogP contribution in [0.3, 0.4) is 0 Å². The van der Waals surface area contributed by atoms with Crippen LogP contribution >= 0.6 is 0 Å². The molecule has 1 heterocycles. The molecule has 0 bridgehead atoms. The molecule has 17 heavy (non-hydrogen) atoms. The number of rotatable bonds is 5. The second kappa shape index (κ2) is 6.52. The average Bonchev–Trinajstić information content (AvgIpc) is 2.34. The molecule has 0 amide bonds. The van der Waals surface area contributed by atoms with E-state index in [0.717, 1.165) is 37.6 Å². The van der Waals surface area contributed by atoms with Gasteiger partial charge in [0.1, 0.15) is 0 Å². The van der Waals surface area contributed by atoms with Crippen molar-refractivity contribution in [2.24, 2.45) is 0 Å². The molecule has 1 aliphatic heterocycles. The Balaban J connectivity index is 1.85. The van der Waals surface area contributed by atoms with Crippen molar-refractivity contribution in [2.75, 3.05) is 13.2 Å². The summed E-state index contributed by atoms with van der Waals surface area (Å²) in [4.78, 5) is 4.89. The molecule has 2 rings (SSSR count). The van der Waals surface area contributed by atoms with E-state index >= 15 is 0 Å². The van der Waals surface area contributed by atoms with Crippen LogP contribution in [0.4, 0.5) is 0 Å². The monoisotopic (exact) mass is 341 g/mol. The van der Waals surface area contributed by atoms with E-state index in [9.17, 15) is 0 Å². The maximum atomic E-state index is 5.80. The second-order valence-corrected chi connectivity index (χ2v) is 13.2. The van der Waals surface area contributed by atoms with Gasteiger partial charge in [0.05, 0.1) is 0 Å². The van der Waals surface area contributed by atoms with E-state index in [1.165, 1.54) is 16.4 Å². The van der Waals surface area contributed by atoms with Gasteiger partial charge < -0.3 is 0 Å². The van der Waals surface area contributed by atoms with Gasteiger partial charge in [-0.3, -0.25) is 0 Å². The number of aryl methyl sites for hydroxylation is 1. The van der Waals surface area contributed by atoms with Gasteiger partial charge in [0.25, 0.3) is 0 Å². The summed E-state index contributed by atoms with van der Waals surface area (Å²) in [5.74, 6) is 2.05. The molecule has 1 aliphatic rings. The van der Waals surface area contributed by atoms with Crippen LogP contribution in [0.5, 0.6) is 11.5 Å². The van der Waals surface area contributed by atoms with Crippen molar-refractivity contribution < 1.29 is 9.47 Å². The zero-order chi connectivity index (χ0) is 12.1. The number of hydrogen-bond acceptors (Lipinski definition) is 2. The Kier molecular flexibility index (Phi) is 5.01.